The normalized spacial score (nSPS) is 13.0. The van der Waals surface area contributed by atoms with E-state index in [2.05, 4.69) is 73.1 Å². The maximum Gasteiger partial charge on any atom is 0.328 e. The van der Waals surface area contributed by atoms with Crippen molar-refractivity contribution in [3.8, 4) is 0 Å². The van der Waals surface area contributed by atoms with Crippen molar-refractivity contribution in [1.82, 2.24) is 10.6 Å². The first-order valence-corrected chi connectivity index (χ1v) is 20.5. The highest BCUT2D eigenvalue weighted by molar-refractivity contribution is 5.87. The Morgan fingerprint density at radius 3 is 1.63 bits per heavy atom. The monoisotopic (exact) mass is 731 g/mol. The van der Waals surface area contributed by atoms with E-state index >= 15 is 0 Å². The van der Waals surface area contributed by atoms with E-state index in [1.807, 2.05) is 0 Å². The van der Waals surface area contributed by atoms with Crippen molar-refractivity contribution in [1.29, 1.82) is 0 Å². The van der Waals surface area contributed by atoms with Gasteiger partial charge in [-0.05, 0) is 77.0 Å². The molecule has 0 aliphatic rings. The van der Waals surface area contributed by atoms with Gasteiger partial charge in [0, 0.05) is 12.8 Å². The number of hydrogen-bond acceptors (Lipinski definition) is 6. The van der Waals surface area contributed by atoms with Crippen LogP contribution in [0.15, 0.2) is 48.6 Å². The zero-order chi connectivity index (χ0) is 38.3. The third kappa shape index (κ3) is 33.9. The molecule has 0 saturated heterocycles. The zero-order valence-electron chi connectivity index (χ0n) is 32.8. The van der Waals surface area contributed by atoms with E-state index in [4.69, 9.17) is 14.9 Å². The smallest absolute Gasteiger partial charge is 0.328 e. The van der Waals surface area contributed by atoms with Gasteiger partial charge in [-0.3, -0.25) is 14.4 Å². The summed E-state index contributed by atoms with van der Waals surface area (Å²) in [6.07, 6.45) is 42.8. The summed E-state index contributed by atoms with van der Waals surface area (Å²) >= 11 is 0. The molecule has 0 aromatic rings. The van der Waals surface area contributed by atoms with E-state index in [-0.39, 0.29) is 30.9 Å². The fraction of sp³-hybridized carbons (Fsp3) is 0.721. The molecule has 0 saturated carbocycles. The van der Waals surface area contributed by atoms with Gasteiger partial charge in [0.2, 0.25) is 11.8 Å². The molecular formula is C43H74N2O7. The molecule has 0 aromatic heterocycles. The molecule has 2 unspecified atom stereocenters. The fourth-order valence-corrected chi connectivity index (χ4v) is 5.70. The SMILES string of the molecule is CC/C=C\C/C=C\C/C=C\C/C=C\CCCCC(=O)OC(CCCCCCCCCCC)CCCCCCCC(=O)NCC(=O)NC(CO)C(=O)O. The molecule has 2 atom stereocenters. The molecule has 0 aromatic carbocycles. The van der Waals surface area contributed by atoms with Gasteiger partial charge in [-0.15, -0.1) is 0 Å². The number of allylic oxidation sites excluding steroid dienone is 8. The molecule has 0 heterocycles. The summed E-state index contributed by atoms with van der Waals surface area (Å²) in [6, 6.07) is -1.38. The Morgan fingerprint density at radius 2 is 1.10 bits per heavy atom. The molecule has 52 heavy (non-hydrogen) atoms. The number of rotatable bonds is 36. The number of hydrogen-bond donors (Lipinski definition) is 4. The number of nitrogens with one attached hydrogen (secondary N) is 2. The number of ether oxygens (including phenoxy) is 1. The van der Waals surface area contributed by atoms with Crippen LogP contribution in [0.5, 0.6) is 0 Å². The standard InChI is InChI=1S/C43H74N2O7/c1-3-5-7-9-11-13-14-15-16-17-18-20-22-27-31-35-42(49)52-38(32-28-24-21-19-12-10-8-6-4-2)33-29-25-23-26-30-34-40(47)44-36-41(48)45-39(37-46)43(50)51/h5,7,11,13,15-16,18,20,38-39,46H,3-4,6,8-10,12,14,17,19,21-37H2,1-2H3,(H,44,47)(H,45,48)(H,50,51)/b7-5-,13-11-,16-15-,20-18-. The molecule has 0 rings (SSSR count). The highest BCUT2D eigenvalue weighted by atomic mass is 16.5. The van der Waals surface area contributed by atoms with Crippen LogP contribution in [-0.2, 0) is 23.9 Å². The largest absolute Gasteiger partial charge is 0.480 e. The molecule has 0 spiro atoms. The van der Waals surface area contributed by atoms with Gasteiger partial charge in [0.1, 0.15) is 12.1 Å². The van der Waals surface area contributed by atoms with Crippen molar-refractivity contribution in [2.24, 2.45) is 0 Å². The number of aliphatic hydroxyl groups excluding tert-OH is 1. The highest BCUT2D eigenvalue weighted by Gasteiger charge is 2.19. The molecule has 0 aliphatic carbocycles. The number of unbranched alkanes of at least 4 members (excludes halogenated alkanes) is 14. The van der Waals surface area contributed by atoms with Crippen molar-refractivity contribution in [2.75, 3.05) is 13.2 Å². The number of carboxylic acid groups (broad SMARTS) is 1. The molecule has 0 aliphatic heterocycles. The molecule has 4 N–H and O–H groups in total. The van der Waals surface area contributed by atoms with Crippen LogP contribution in [0.25, 0.3) is 0 Å². The third-order valence-electron chi connectivity index (χ3n) is 8.84. The van der Waals surface area contributed by atoms with Crippen LogP contribution in [-0.4, -0.2) is 59.3 Å². The van der Waals surface area contributed by atoms with Crippen LogP contribution in [0, 0.1) is 0 Å². The molecule has 0 fully saturated rings. The minimum Gasteiger partial charge on any atom is -0.480 e. The molecule has 9 heteroatoms. The average molecular weight is 731 g/mol. The Morgan fingerprint density at radius 1 is 0.596 bits per heavy atom. The summed E-state index contributed by atoms with van der Waals surface area (Å²) in [6.45, 7) is 3.35. The lowest BCUT2D eigenvalue weighted by molar-refractivity contribution is -0.150. The van der Waals surface area contributed by atoms with Crippen LogP contribution < -0.4 is 10.6 Å². The lowest BCUT2D eigenvalue weighted by Crippen LogP contribution is -2.47. The van der Waals surface area contributed by atoms with E-state index in [1.165, 1.54) is 51.4 Å². The lowest BCUT2D eigenvalue weighted by atomic mass is 10.0. The van der Waals surface area contributed by atoms with Crippen LogP contribution in [0.3, 0.4) is 0 Å². The van der Waals surface area contributed by atoms with Crippen LogP contribution in [0.2, 0.25) is 0 Å². The second-order valence-electron chi connectivity index (χ2n) is 13.7. The van der Waals surface area contributed by atoms with E-state index in [0.717, 1.165) is 89.9 Å². The van der Waals surface area contributed by atoms with Gasteiger partial charge in [-0.1, -0.05) is 133 Å². The summed E-state index contributed by atoms with van der Waals surface area (Å²) < 4.78 is 5.98. The first-order chi connectivity index (χ1) is 25.3. The van der Waals surface area contributed by atoms with Crippen LogP contribution >= 0.6 is 0 Å². The highest BCUT2D eigenvalue weighted by Crippen LogP contribution is 2.18. The second-order valence-corrected chi connectivity index (χ2v) is 13.7. The van der Waals surface area contributed by atoms with E-state index in [9.17, 15) is 19.2 Å². The van der Waals surface area contributed by atoms with Crippen molar-refractivity contribution < 1.29 is 34.1 Å². The molecule has 0 bridgehead atoms. The first kappa shape index (κ1) is 48.8. The van der Waals surface area contributed by atoms with E-state index in [1.54, 1.807) is 0 Å². The first-order valence-electron chi connectivity index (χ1n) is 20.5. The zero-order valence-corrected chi connectivity index (χ0v) is 32.8. The average Bonchev–Trinajstić information content (AvgIpc) is 3.13. The maximum atomic E-state index is 12.7. The minimum atomic E-state index is -1.38. The van der Waals surface area contributed by atoms with Crippen LogP contribution in [0.1, 0.15) is 174 Å². The van der Waals surface area contributed by atoms with Gasteiger partial charge in [0.25, 0.3) is 0 Å². The lowest BCUT2D eigenvalue weighted by Gasteiger charge is -2.18. The minimum absolute atomic E-state index is 0.0325. The predicted molar refractivity (Wildman–Crippen MR) is 213 cm³/mol. The number of carbonyl (C=O) groups excluding carboxylic acids is 3. The fourth-order valence-electron chi connectivity index (χ4n) is 5.70. The van der Waals surface area contributed by atoms with E-state index < -0.39 is 24.5 Å². The Labute approximate surface area is 316 Å². The summed E-state index contributed by atoms with van der Waals surface area (Å²) in [5, 5.41) is 22.5. The van der Waals surface area contributed by atoms with Crippen molar-refractivity contribution in [2.45, 2.75) is 187 Å². The van der Waals surface area contributed by atoms with Crippen molar-refractivity contribution >= 4 is 23.8 Å². The Kier molecular flexibility index (Phi) is 35.2. The Bertz CT molecular complexity index is 1020. The molecule has 2 amide bonds. The maximum absolute atomic E-state index is 12.7. The van der Waals surface area contributed by atoms with Crippen molar-refractivity contribution in [3.05, 3.63) is 48.6 Å². The quantitative estimate of drug-likeness (QED) is 0.0286. The molecule has 9 nitrogen and oxygen atoms in total. The number of carboxylic acids is 1. The van der Waals surface area contributed by atoms with Gasteiger partial charge in [-0.2, -0.15) is 0 Å². The Hall–Kier alpha value is -3.20. The number of amides is 2. The van der Waals surface area contributed by atoms with Crippen LogP contribution in [0.4, 0.5) is 0 Å². The molecular weight excluding hydrogens is 656 g/mol. The predicted octanol–water partition coefficient (Wildman–Crippen LogP) is 9.59. The third-order valence-corrected chi connectivity index (χ3v) is 8.84. The van der Waals surface area contributed by atoms with Gasteiger partial charge in [0.05, 0.1) is 13.2 Å². The molecule has 0 radical (unpaired) electrons. The molecule has 298 valence electrons. The van der Waals surface area contributed by atoms with E-state index in [0.29, 0.717) is 12.8 Å². The number of esters is 1. The van der Waals surface area contributed by atoms with Gasteiger partial charge in [0.15, 0.2) is 0 Å². The summed E-state index contributed by atoms with van der Waals surface area (Å²) in [5.74, 6) is -2.34. The second kappa shape index (κ2) is 37.6. The Balaban J connectivity index is 4.34. The van der Waals surface area contributed by atoms with Gasteiger partial charge in [-0.25, -0.2) is 4.79 Å². The van der Waals surface area contributed by atoms with Crippen molar-refractivity contribution in [3.63, 3.8) is 0 Å². The van der Waals surface area contributed by atoms with Gasteiger partial charge < -0.3 is 25.6 Å². The topological polar surface area (TPSA) is 142 Å². The van der Waals surface area contributed by atoms with Gasteiger partial charge >= 0.3 is 11.9 Å². The summed E-state index contributed by atoms with van der Waals surface area (Å²) in [5.41, 5.74) is 0. The number of aliphatic hydroxyl groups is 1. The number of aliphatic carboxylic acids is 1. The summed E-state index contributed by atoms with van der Waals surface area (Å²) in [4.78, 5) is 47.4. The number of carbonyl (C=O) groups is 4. The summed E-state index contributed by atoms with van der Waals surface area (Å²) in [7, 11) is 0.